The minimum atomic E-state index is -0.0847. The molecule has 1 heterocycles. The van der Waals surface area contributed by atoms with Crippen LogP contribution in [0.25, 0.3) is 11.0 Å². The molecule has 0 radical (unpaired) electrons. The molecular weight excluding hydrogens is 288 g/mol. The van der Waals surface area contributed by atoms with Crippen LogP contribution in [0.1, 0.15) is 5.76 Å². The van der Waals surface area contributed by atoms with Gasteiger partial charge >= 0.3 is 0 Å². The standard InChI is InChI=1S/C12H11BrO4/c1-7-3-10(14)8-4-12(16-6-15-2)9(13)5-11(8)17-7/h3-5H,6H2,1-2H3. The van der Waals surface area contributed by atoms with Crippen LogP contribution in [-0.4, -0.2) is 13.9 Å². The average molecular weight is 299 g/mol. The molecule has 2 aromatic rings. The predicted molar refractivity (Wildman–Crippen MR) is 67.4 cm³/mol. The van der Waals surface area contributed by atoms with Gasteiger partial charge in [-0.1, -0.05) is 0 Å². The van der Waals surface area contributed by atoms with Crippen LogP contribution in [-0.2, 0) is 4.74 Å². The third kappa shape index (κ3) is 2.50. The lowest BCUT2D eigenvalue weighted by atomic mass is 10.2. The SMILES string of the molecule is COCOc1cc2c(=O)cc(C)oc2cc1Br. The lowest BCUT2D eigenvalue weighted by Gasteiger charge is -2.08. The van der Waals surface area contributed by atoms with Gasteiger partial charge in [0.25, 0.3) is 0 Å². The maximum atomic E-state index is 11.8. The first-order valence-corrected chi connectivity index (χ1v) is 5.77. The second-order valence-corrected chi connectivity index (χ2v) is 4.41. The van der Waals surface area contributed by atoms with Gasteiger partial charge in [0.05, 0.1) is 9.86 Å². The lowest BCUT2D eigenvalue weighted by molar-refractivity contribution is 0.0507. The normalized spacial score (nSPS) is 10.8. The summed E-state index contributed by atoms with van der Waals surface area (Å²) in [4.78, 5) is 11.8. The molecule has 0 fully saturated rings. The topological polar surface area (TPSA) is 48.7 Å². The van der Waals surface area contributed by atoms with Gasteiger partial charge in [-0.2, -0.15) is 0 Å². The minimum Gasteiger partial charge on any atom is -0.466 e. The Labute approximate surface area is 106 Å². The van der Waals surface area contributed by atoms with Crippen LogP contribution in [0.3, 0.4) is 0 Å². The maximum Gasteiger partial charge on any atom is 0.193 e. The molecule has 1 aromatic heterocycles. The van der Waals surface area contributed by atoms with Crippen molar-refractivity contribution in [2.45, 2.75) is 6.92 Å². The number of aryl methyl sites for hydroxylation is 1. The number of hydrogen-bond donors (Lipinski definition) is 0. The fourth-order valence-electron chi connectivity index (χ4n) is 1.51. The molecule has 0 aliphatic rings. The van der Waals surface area contributed by atoms with E-state index in [4.69, 9.17) is 13.9 Å². The number of methoxy groups -OCH3 is 1. The molecule has 0 bridgehead atoms. The highest BCUT2D eigenvalue weighted by atomic mass is 79.9. The fourth-order valence-corrected chi connectivity index (χ4v) is 1.95. The first-order valence-electron chi connectivity index (χ1n) is 4.97. The predicted octanol–water partition coefficient (Wildman–Crippen LogP) is 2.85. The minimum absolute atomic E-state index is 0.0847. The highest BCUT2D eigenvalue weighted by molar-refractivity contribution is 9.10. The van der Waals surface area contributed by atoms with Crippen molar-refractivity contribution in [3.63, 3.8) is 0 Å². The molecule has 0 spiro atoms. The van der Waals surface area contributed by atoms with Crippen molar-refractivity contribution >= 4 is 26.9 Å². The summed E-state index contributed by atoms with van der Waals surface area (Å²) in [6.45, 7) is 1.87. The van der Waals surface area contributed by atoms with E-state index in [9.17, 15) is 4.79 Å². The highest BCUT2D eigenvalue weighted by Gasteiger charge is 2.08. The lowest BCUT2D eigenvalue weighted by Crippen LogP contribution is -2.03. The smallest absolute Gasteiger partial charge is 0.193 e. The molecule has 0 atom stereocenters. The zero-order valence-electron chi connectivity index (χ0n) is 9.45. The zero-order chi connectivity index (χ0) is 12.4. The maximum absolute atomic E-state index is 11.8. The van der Waals surface area contributed by atoms with Crippen LogP contribution in [0.2, 0.25) is 0 Å². The average Bonchev–Trinajstić information content (AvgIpc) is 2.26. The zero-order valence-corrected chi connectivity index (χ0v) is 11.0. The Morgan fingerprint density at radius 3 is 2.82 bits per heavy atom. The molecule has 0 amide bonds. The van der Waals surface area contributed by atoms with E-state index in [1.54, 1.807) is 19.1 Å². The van der Waals surface area contributed by atoms with Crippen molar-refractivity contribution in [3.05, 3.63) is 38.7 Å². The van der Waals surface area contributed by atoms with Gasteiger partial charge in [0.2, 0.25) is 0 Å². The van der Waals surface area contributed by atoms with Crippen molar-refractivity contribution in [3.8, 4) is 5.75 Å². The van der Waals surface area contributed by atoms with Gasteiger partial charge < -0.3 is 13.9 Å². The molecule has 5 heteroatoms. The summed E-state index contributed by atoms with van der Waals surface area (Å²) in [7, 11) is 1.53. The monoisotopic (exact) mass is 298 g/mol. The van der Waals surface area contributed by atoms with Crippen LogP contribution in [0.5, 0.6) is 5.75 Å². The second kappa shape index (κ2) is 4.89. The Morgan fingerprint density at radius 2 is 2.12 bits per heavy atom. The van der Waals surface area contributed by atoms with Crippen molar-refractivity contribution < 1.29 is 13.9 Å². The Hall–Kier alpha value is -1.33. The molecule has 2 rings (SSSR count). The van der Waals surface area contributed by atoms with E-state index in [1.165, 1.54) is 13.2 Å². The quantitative estimate of drug-likeness (QED) is 0.818. The first-order chi connectivity index (χ1) is 8.11. The number of benzene rings is 1. The van der Waals surface area contributed by atoms with E-state index in [-0.39, 0.29) is 12.2 Å². The van der Waals surface area contributed by atoms with Crippen LogP contribution >= 0.6 is 15.9 Å². The van der Waals surface area contributed by atoms with Gasteiger partial charge in [0, 0.05) is 13.2 Å². The molecule has 4 nitrogen and oxygen atoms in total. The Bertz CT molecular complexity index is 603. The Morgan fingerprint density at radius 1 is 1.35 bits per heavy atom. The molecule has 0 unspecified atom stereocenters. The van der Waals surface area contributed by atoms with Gasteiger partial charge in [-0.3, -0.25) is 4.79 Å². The fraction of sp³-hybridized carbons (Fsp3) is 0.250. The number of fused-ring (bicyclic) bond motifs is 1. The summed E-state index contributed by atoms with van der Waals surface area (Å²) in [5.74, 6) is 1.13. The summed E-state index contributed by atoms with van der Waals surface area (Å²) < 4.78 is 16.3. The molecule has 17 heavy (non-hydrogen) atoms. The van der Waals surface area contributed by atoms with Crippen LogP contribution in [0.4, 0.5) is 0 Å². The largest absolute Gasteiger partial charge is 0.466 e. The van der Waals surface area contributed by atoms with Gasteiger partial charge in [-0.05, 0) is 35.0 Å². The molecular formula is C12H11BrO4. The van der Waals surface area contributed by atoms with Crippen LogP contribution in [0, 0.1) is 6.92 Å². The third-order valence-electron chi connectivity index (χ3n) is 2.24. The number of hydrogen-bond acceptors (Lipinski definition) is 4. The van der Waals surface area contributed by atoms with Gasteiger partial charge in [-0.15, -0.1) is 0 Å². The number of halogens is 1. The van der Waals surface area contributed by atoms with Gasteiger partial charge in [0.15, 0.2) is 12.2 Å². The summed E-state index contributed by atoms with van der Waals surface area (Å²) in [5.41, 5.74) is 0.449. The van der Waals surface area contributed by atoms with Crippen molar-refractivity contribution in [1.82, 2.24) is 0 Å². The van der Waals surface area contributed by atoms with Crippen molar-refractivity contribution in [1.29, 1.82) is 0 Å². The summed E-state index contributed by atoms with van der Waals surface area (Å²) >= 11 is 3.35. The summed E-state index contributed by atoms with van der Waals surface area (Å²) in [5, 5.41) is 0.491. The van der Waals surface area contributed by atoms with E-state index < -0.39 is 0 Å². The summed E-state index contributed by atoms with van der Waals surface area (Å²) in [6, 6.07) is 4.81. The van der Waals surface area contributed by atoms with E-state index in [0.717, 1.165) is 4.47 Å². The van der Waals surface area contributed by atoms with Gasteiger partial charge in [-0.25, -0.2) is 0 Å². The van der Waals surface area contributed by atoms with Crippen LogP contribution < -0.4 is 10.2 Å². The number of rotatable bonds is 3. The van der Waals surface area contributed by atoms with E-state index in [0.29, 0.717) is 22.5 Å². The van der Waals surface area contributed by atoms with E-state index >= 15 is 0 Å². The van der Waals surface area contributed by atoms with Crippen molar-refractivity contribution in [2.75, 3.05) is 13.9 Å². The molecule has 0 saturated carbocycles. The Balaban J connectivity index is 2.59. The van der Waals surface area contributed by atoms with Crippen molar-refractivity contribution in [2.24, 2.45) is 0 Å². The van der Waals surface area contributed by atoms with Gasteiger partial charge in [0.1, 0.15) is 17.1 Å². The second-order valence-electron chi connectivity index (χ2n) is 3.55. The molecule has 90 valence electrons. The molecule has 0 N–H and O–H groups in total. The molecule has 0 saturated heterocycles. The first kappa shape index (κ1) is 12.1. The molecule has 0 aliphatic carbocycles. The third-order valence-corrected chi connectivity index (χ3v) is 2.86. The highest BCUT2D eigenvalue weighted by Crippen LogP contribution is 2.29. The van der Waals surface area contributed by atoms with Crippen LogP contribution in [0.15, 0.2) is 31.9 Å². The number of ether oxygens (including phenoxy) is 2. The Kier molecular flexibility index (Phi) is 3.49. The molecule has 0 aliphatic heterocycles. The van der Waals surface area contributed by atoms with E-state index in [1.807, 2.05) is 0 Å². The summed E-state index contributed by atoms with van der Waals surface area (Å²) in [6.07, 6.45) is 0. The van der Waals surface area contributed by atoms with E-state index in [2.05, 4.69) is 15.9 Å². The molecule has 1 aromatic carbocycles.